The van der Waals surface area contributed by atoms with E-state index in [9.17, 15) is 4.79 Å². The highest BCUT2D eigenvalue weighted by Crippen LogP contribution is 2.23. The van der Waals surface area contributed by atoms with Gasteiger partial charge in [-0.05, 0) is 62.5 Å². The van der Waals surface area contributed by atoms with E-state index in [0.29, 0.717) is 12.2 Å². The van der Waals surface area contributed by atoms with E-state index in [-0.39, 0.29) is 6.10 Å². The lowest BCUT2D eigenvalue weighted by molar-refractivity contribution is -0.116. The Morgan fingerprint density at radius 1 is 1.11 bits per heavy atom. The number of benzene rings is 1. The topological polar surface area (TPSA) is 26.3 Å². The Morgan fingerprint density at radius 2 is 1.78 bits per heavy atom. The van der Waals surface area contributed by atoms with Crippen molar-refractivity contribution in [2.24, 2.45) is 0 Å². The standard InChI is InChI=1S/C16H20O2/c1-12(2)18-15-9-7-13(8-10-15)11-14-5-3-4-6-16(14)17/h7-12H,3-6H2,1-2H3. The van der Waals surface area contributed by atoms with E-state index in [0.717, 1.165) is 36.1 Å². The highest BCUT2D eigenvalue weighted by molar-refractivity contribution is 6.00. The summed E-state index contributed by atoms with van der Waals surface area (Å²) >= 11 is 0. The molecule has 0 atom stereocenters. The van der Waals surface area contributed by atoms with Crippen LogP contribution in [-0.2, 0) is 4.79 Å². The van der Waals surface area contributed by atoms with Crippen molar-refractivity contribution < 1.29 is 9.53 Å². The molecule has 0 N–H and O–H groups in total. The summed E-state index contributed by atoms with van der Waals surface area (Å²) in [4.78, 5) is 11.7. The lowest BCUT2D eigenvalue weighted by Gasteiger charge is -2.13. The number of ether oxygens (including phenoxy) is 1. The molecule has 0 spiro atoms. The van der Waals surface area contributed by atoms with Crippen LogP contribution in [0.15, 0.2) is 29.8 Å². The van der Waals surface area contributed by atoms with E-state index in [2.05, 4.69) is 0 Å². The van der Waals surface area contributed by atoms with E-state index in [4.69, 9.17) is 4.74 Å². The van der Waals surface area contributed by atoms with Crippen LogP contribution in [0.1, 0.15) is 45.1 Å². The molecule has 0 bridgehead atoms. The van der Waals surface area contributed by atoms with Gasteiger partial charge >= 0.3 is 0 Å². The summed E-state index contributed by atoms with van der Waals surface area (Å²) in [5, 5.41) is 0. The molecule has 1 aromatic rings. The van der Waals surface area contributed by atoms with Gasteiger partial charge in [-0.25, -0.2) is 0 Å². The Bertz CT molecular complexity index is 441. The average Bonchev–Trinajstić information content (AvgIpc) is 2.34. The zero-order chi connectivity index (χ0) is 13.0. The number of allylic oxidation sites excluding steroid dienone is 1. The lowest BCUT2D eigenvalue weighted by Crippen LogP contribution is -2.08. The number of carbonyl (C=O) groups excluding carboxylic acids is 1. The highest BCUT2D eigenvalue weighted by atomic mass is 16.5. The Morgan fingerprint density at radius 3 is 2.39 bits per heavy atom. The Labute approximate surface area is 109 Å². The molecule has 96 valence electrons. The summed E-state index contributed by atoms with van der Waals surface area (Å²) in [6, 6.07) is 7.93. The Hall–Kier alpha value is -1.57. The van der Waals surface area contributed by atoms with Gasteiger partial charge in [0.15, 0.2) is 5.78 Å². The molecule has 1 aliphatic carbocycles. The molecular weight excluding hydrogens is 224 g/mol. The van der Waals surface area contributed by atoms with Crippen LogP contribution in [0.3, 0.4) is 0 Å². The summed E-state index contributed by atoms with van der Waals surface area (Å²) in [5.41, 5.74) is 2.05. The summed E-state index contributed by atoms with van der Waals surface area (Å²) < 4.78 is 5.59. The van der Waals surface area contributed by atoms with Crippen molar-refractivity contribution in [3.63, 3.8) is 0 Å². The highest BCUT2D eigenvalue weighted by Gasteiger charge is 2.14. The molecule has 1 saturated carbocycles. The van der Waals surface area contributed by atoms with E-state index in [1.807, 2.05) is 44.2 Å². The van der Waals surface area contributed by atoms with Gasteiger partial charge in [-0.15, -0.1) is 0 Å². The van der Waals surface area contributed by atoms with E-state index >= 15 is 0 Å². The summed E-state index contributed by atoms with van der Waals surface area (Å²) in [6.45, 7) is 4.02. The predicted octanol–water partition coefficient (Wildman–Crippen LogP) is 4.00. The first-order valence-corrected chi connectivity index (χ1v) is 6.65. The number of Topliss-reactive ketones (excluding diaryl/α,β-unsaturated/α-hetero) is 1. The number of rotatable bonds is 3. The van der Waals surface area contributed by atoms with Crippen LogP contribution in [-0.4, -0.2) is 11.9 Å². The zero-order valence-electron chi connectivity index (χ0n) is 11.1. The number of ketones is 1. The minimum Gasteiger partial charge on any atom is -0.491 e. The molecule has 0 amide bonds. The van der Waals surface area contributed by atoms with E-state index in [1.54, 1.807) is 0 Å². The van der Waals surface area contributed by atoms with Crippen LogP contribution in [0.25, 0.3) is 6.08 Å². The molecule has 0 saturated heterocycles. The minimum atomic E-state index is 0.189. The van der Waals surface area contributed by atoms with E-state index in [1.165, 1.54) is 0 Å². The number of hydrogen-bond acceptors (Lipinski definition) is 2. The van der Waals surface area contributed by atoms with Crippen LogP contribution in [0.4, 0.5) is 0 Å². The maximum Gasteiger partial charge on any atom is 0.158 e. The van der Waals surface area contributed by atoms with Crippen molar-refractivity contribution >= 4 is 11.9 Å². The van der Waals surface area contributed by atoms with Gasteiger partial charge in [-0.3, -0.25) is 4.79 Å². The molecule has 0 aliphatic heterocycles. The third-order valence-corrected chi connectivity index (χ3v) is 3.05. The fraction of sp³-hybridized carbons (Fsp3) is 0.438. The average molecular weight is 244 g/mol. The fourth-order valence-electron chi connectivity index (χ4n) is 2.17. The molecule has 18 heavy (non-hydrogen) atoms. The molecule has 2 rings (SSSR count). The zero-order valence-corrected chi connectivity index (χ0v) is 11.1. The van der Waals surface area contributed by atoms with Crippen LogP contribution < -0.4 is 4.74 Å². The maximum atomic E-state index is 11.7. The summed E-state index contributed by atoms with van der Waals surface area (Å²) in [5.74, 6) is 1.19. The largest absolute Gasteiger partial charge is 0.491 e. The first-order chi connectivity index (χ1) is 8.65. The third-order valence-electron chi connectivity index (χ3n) is 3.05. The molecule has 0 aromatic heterocycles. The monoisotopic (exact) mass is 244 g/mol. The lowest BCUT2D eigenvalue weighted by atomic mass is 9.92. The van der Waals surface area contributed by atoms with Gasteiger partial charge in [0, 0.05) is 6.42 Å². The smallest absolute Gasteiger partial charge is 0.158 e. The van der Waals surface area contributed by atoms with Crippen molar-refractivity contribution in [2.45, 2.75) is 45.6 Å². The van der Waals surface area contributed by atoms with Gasteiger partial charge in [-0.2, -0.15) is 0 Å². The Kier molecular flexibility index (Phi) is 4.19. The minimum absolute atomic E-state index is 0.189. The van der Waals surface area contributed by atoms with Gasteiger partial charge in [0.05, 0.1) is 6.10 Å². The van der Waals surface area contributed by atoms with Crippen molar-refractivity contribution in [1.82, 2.24) is 0 Å². The second-order valence-electron chi connectivity index (χ2n) is 5.04. The summed E-state index contributed by atoms with van der Waals surface area (Å²) in [6.07, 6.45) is 6.00. The SMILES string of the molecule is CC(C)Oc1ccc(C=C2CCCCC2=O)cc1. The number of hydrogen-bond donors (Lipinski definition) is 0. The van der Waals surface area contributed by atoms with E-state index < -0.39 is 0 Å². The van der Waals surface area contributed by atoms with Crippen molar-refractivity contribution in [1.29, 1.82) is 0 Å². The Balaban J connectivity index is 2.09. The van der Waals surface area contributed by atoms with Gasteiger partial charge < -0.3 is 4.74 Å². The molecule has 0 radical (unpaired) electrons. The second-order valence-corrected chi connectivity index (χ2v) is 5.04. The number of carbonyl (C=O) groups is 1. The van der Waals surface area contributed by atoms with Crippen LogP contribution in [0.2, 0.25) is 0 Å². The van der Waals surface area contributed by atoms with Crippen molar-refractivity contribution in [3.05, 3.63) is 35.4 Å². The van der Waals surface area contributed by atoms with Gasteiger partial charge in [-0.1, -0.05) is 12.1 Å². The molecular formula is C16H20O2. The third kappa shape index (κ3) is 3.46. The normalized spacial score (nSPS) is 18.4. The maximum absolute atomic E-state index is 11.7. The molecule has 0 unspecified atom stereocenters. The molecule has 2 nitrogen and oxygen atoms in total. The molecule has 1 aromatic carbocycles. The summed E-state index contributed by atoms with van der Waals surface area (Å²) in [7, 11) is 0. The predicted molar refractivity (Wildman–Crippen MR) is 73.7 cm³/mol. The van der Waals surface area contributed by atoms with Crippen LogP contribution in [0, 0.1) is 0 Å². The van der Waals surface area contributed by atoms with Gasteiger partial charge in [0.2, 0.25) is 0 Å². The first-order valence-electron chi connectivity index (χ1n) is 6.65. The van der Waals surface area contributed by atoms with Gasteiger partial charge in [0.25, 0.3) is 0 Å². The van der Waals surface area contributed by atoms with Gasteiger partial charge in [0.1, 0.15) is 5.75 Å². The molecule has 2 heteroatoms. The van der Waals surface area contributed by atoms with Crippen molar-refractivity contribution in [2.75, 3.05) is 0 Å². The quantitative estimate of drug-likeness (QED) is 0.751. The van der Waals surface area contributed by atoms with Crippen LogP contribution in [0.5, 0.6) is 5.75 Å². The molecule has 0 heterocycles. The molecule has 1 fully saturated rings. The molecule has 1 aliphatic rings. The fourth-order valence-corrected chi connectivity index (χ4v) is 2.17. The second kappa shape index (κ2) is 5.85. The first kappa shape index (κ1) is 12.9. The van der Waals surface area contributed by atoms with Crippen LogP contribution >= 0.6 is 0 Å². The van der Waals surface area contributed by atoms with Crippen molar-refractivity contribution in [3.8, 4) is 5.75 Å².